The maximum Gasteiger partial charge on any atom is 0.321 e. The molecule has 1 fully saturated rings. The molecule has 1 N–H and O–H groups in total. The predicted molar refractivity (Wildman–Crippen MR) is 89.0 cm³/mol. The number of ether oxygens (including phenoxy) is 1. The van der Waals surface area contributed by atoms with E-state index in [1.54, 1.807) is 9.58 Å². The number of amides is 2. The van der Waals surface area contributed by atoms with Crippen molar-refractivity contribution in [3.05, 3.63) is 30.6 Å². The molecule has 0 saturated carbocycles. The van der Waals surface area contributed by atoms with Gasteiger partial charge in [0.05, 0.1) is 11.8 Å². The van der Waals surface area contributed by atoms with Crippen LogP contribution in [-0.2, 0) is 4.74 Å². The number of anilines is 1. The molecular formula is C16H22N6O2. The Labute approximate surface area is 140 Å². The fourth-order valence-electron chi connectivity index (χ4n) is 2.73. The monoisotopic (exact) mass is 330 g/mol. The lowest BCUT2D eigenvalue weighted by molar-refractivity contribution is 0.00221. The number of hydrogen-bond donors (Lipinski definition) is 1. The molecule has 24 heavy (non-hydrogen) atoms. The van der Waals surface area contributed by atoms with E-state index in [2.05, 4.69) is 20.8 Å². The van der Waals surface area contributed by atoms with Gasteiger partial charge >= 0.3 is 6.03 Å². The van der Waals surface area contributed by atoms with Gasteiger partial charge in [-0.05, 0) is 60.9 Å². The summed E-state index contributed by atoms with van der Waals surface area (Å²) in [5.41, 5.74) is 1.57. The number of urea groups is 1. The Morgan fingerprint density at radius 1 is 1.38 bits per heavy atom. The third kappa shape index (κ3) is 4.08. The highest BCUT2D eigenvalue weighted by atomic mass is 16.5. The second-order valence-electron chi connectivity index (χ2n) is 5.76. The van der Waals surface area contributed by atoms with Crippen LogP contribution < -0.4 is 5.32 Å². The highest BCUT2D eigenvalue weighted by molar-refractivity contribution is 5.89. The standard InChI is InChI=1S/C16H22N6O2/c1-2-21(11-15-5-3-4-10-24-15)16(23)18-13-6-8-14(9-7-13)22-12-17-19-20-22/h6-9,12,15H,2-5,10-11H2,1H3,(H,18,23). The van der Waals surface area contributed by atoms with Crippen LogP contribution in [0.5, 0.6) is 0 Å². The third-order valence-electron chi connectivity index (χ3n) is 4.10. The van der Waals surface area contributed by atoms with Crippen molar-refractivity contribution in [1.29, 1.82) is 0 Å². The van der Waals surface area contributed by atoms with Gasteiger partial charge < -0.3 is 15.0 Å². The quantitative estimate of drug-likeness (QED) is 0.907. The summed E-state index contributed by atoms with van der Waals surface area (Å²) in [5, 5.41) is 14.0. The molecule has 1 aliphatic rings. The number of hydrogen-bond acceptors (Lipinski definition) is 5. The Bertz CT molecular complexity index is 637. The van der Waals surface area contributed by atoms with E-state index in [4.69, 9.17) is 4.74 Å². The molecule has 1 aromatic heterocycles. The van der Waals surface area contributed by atoms with E-state index in [9.17, 15) is 4.79 Å². The van der Waals surface area contributed by atoms with Crippen LogP contribution in [0.4, 0.5) is 10.5 Å². The van der Waals surface area contributed by atoms with Gasteiger partial charge in [0, 0.05) is 25.4 Å². The molecule has 0 aliphatic carbocycles. The molecule has 0 spiro atoms. The number of aromatic nitrogens is 4. The third-order valence-corrected chi connectivity index (χ3v) is 4.10. The normalized spacial score (nSPS) is 17.5. The summed E-state index contributed by atoms with van der Waals surface area (Å²) in [4.78, 5) is 14.2. The second kappa shape index (κ2) is 7.87. The second-order valence-corrected chi connectivity index (χ2v) is 5.76. The molecule has 2 heterocycles. The maximum atomic E-state index is 12.5. The van der Waals surface area contributed by atoms with E-state index >= 15 is 0 Å². The van der Waals surface area contributed by atoms with Crippen LogP contribution in [0.1, 0.15) is 26.2 Å². The molecule has 0 bridgehead atoms. The molecule has 3 rings (SSSR count). The van der Waals surface area contributed by atoms with Gasteiger partial charge in [0.2, 0.25) is 0 Å². The first kappa shape index (κ1) is 16.4. The number of nitrogens with zero attached hydrogens (tertiary/aromatic N) is 5. The van der Waals surface area contributed by atoms with E-state index in [-0.39, 0.29) is 12.1 Å². The Morgan fingerprint density at radius 2 is 2.21 bits per heavy atom. The molecule has 1 unspecified atom stereocenters. The minimum Gasteiger partial charge on any atom is -0.376 e. The molecule has 1 atom stereocenters. The zero-order chi connectivity index (χ0) is 16.8. The Kier molecular flexibility index (Phi) is 5.37. The highest BCUT2D eigenvalue weighted by Crippen LogP contribution is 2.16. The molecule has 1 saturated heterocycles. The first-order valence-electron chi connectivity index (χ1n) is 8.27. The molecule has 2 amide bonds. The number of carbonyl (C=O) groups is 1. The molecule has 8 heteroatoms. The van der Waals surface area contributed by atoms with Crippen molar-refractivity contribution in [1.82, 2.24) is 25.1 Å². The van der Waals surface area contributed by atoms with Gasteiger partial charge in [-0.1, -0.05) is 0 Å². The summed E-state index contributed by atoms with van der Waals surface area (Å²) >= 11 is 0. The molecule has 0 radical (unpaired) electrons. The number of rotatable bonds is 5. The Morgan fingerprint density at radius 3 is 2.83 bits per heavy atom. The van der Waals surface area contributed by atoms with Crippen LogP contribution >= 0.6 is 0 Å². The van der Waals surface area contributed by atoms with Crippen LogP contribution in [0.25, 0.3) is 5.69 Å². The Balaban J connectivity index is 1.58. The molecule has 2 aromatic rings. The van der Waals surface area contributed by atoms with Crippen LogP contribution in [0.15, 0.2) is 30.6 Å². The summed E-state index contributed by atoms with van der Waals surface area (Å²) in [7, 11) is 0. The van der Waals surface area contributed by atoms with Crippen molar-refractivity contribution < 1.29 is 9.53 Å². The lowest BCUT2D eigenvalue weighted by Crippen LogP contribution is -2.41. The van der Waals surface area contributed by atoms with Crippen molar-refractivity contribution in [2.45, 2.75) is 32.3 Å². The number of benzene rings is 1. The van der Waals surface area contributed by atoms with E-state index in [0.717, 1.165) is 30.8 Å². The minimum atomic E-state index is -0.109. The topological polar surface area (TPSA) is 85.2 Å². The molecule has 128 valence electrons. The fraction of sp³-hybridized carbons (Fsp3) is 0.500. The summed E-state index contributed by atoms with van der Waals surface area (Å²) in [6, 6.07) is 7.26. The molecule has 8 nitrogen and oxygen atoms in total. The van der Waals surface area contributed by atoms with Gasteiger partial charge in [-0.25, -0.2) is 9.48 Å². The average molecular weight is 330 g/mol. The molecule has 1 aromatic carbocycles. The molecule has 1 aliphatic heterocycles. The largest absolute Gasteiger partial charge is 0.376 e. The Hall–Kier alpha value is -2.48. The van der Waals surface area contributed by atoms with E-state index in [1.165, 1.54) is 12.7 Å². The smallest absolute Gasteiger partial charge is 0.321 e. The minimum absolute atomic E-state index is 0.109. The van der Waals surface area contributed by atoms with Gasteiger partial charge in [0.15, 0.2) is 0 Å². The van der Waals surface area contributed by atoms with E-state index in [1.807, 2.05) is 31.2 Å². The van der Waals surface area contributed by atoms with Gasteiger partial charge in [0.1, 0.15) is 6.33 Å². The van der Waals surface area contributed by atoms with Crippen LogP contribution in [0.2, 0.25) is 0 Å². The van der Waals surface area contributed by atoms with Gasteiger partial charge in [-0.15, -0.1) is 5.10 Å². The number of likely N-dealkylation sites (N-methyl/N-ethyl adjacent to an activating group) is 1. The molecular weight excluding hydrogens is 308 g/mol. The van der Waals surface area contributed by atoms with Crippen LogP contribution in [0, 0.1) is 0 Å². The average Bonchev–Trinajstić information content (AvgIpc) is 3.16. The summed E-state index contributed by atoms with van der Waals surface area (Å²) in [5.74, 6) is 0. The van der Waals surface area contributed by atoms with Crippen LogP contribution in [0.3, 0.4) is 0 Å². The van der Waals surface area contributed by atoms with Crippen molar-refractivity contribution in [3.63, 3.8) is 0 Å². The van der Waals surface area contributed by atoms with Crippen molar-refractivity contribution >= 4 is 11.7 Å². The van der Waals surface area contributed by atoms with Gasteiger partial charge in [0.25, 0.3) is 0 Å². The highest BCUT2D eigenvalue weighted by Gasteiger charge is 2.20. The first-order valence-corrected chi connectivity index (χ1v) is 8.27. The number of carbonyl (C=O) groups excluding carboxylic acids is 1. The zero-order valence-corrected chi connectivity index (χ0v) is 13.8. The number of tetrazole rings is 1. The van der Waals surface area contributed by atoms with Gasteiger partial charge in [-0.2, -0.15) is 0 Å². The SMILES string of the molecule is CCN(CC1CCCCO1)C(=O)Nc1ccc(-n2cnnn2)cc1. The van der Waals surface area contributed by atoms with E-state index < -0.39 is 0 Å². The van der Waals surface area contributed by atoms with Gasteiger partial charge in [-0.3, -0.25) is 0 Å². The van der Waals surface area contributed by atoms with Crippen molar-refractivity contribution in [3.8, 4) is 5.69 Å². The van der Waals surface area contributed by atoms with Crippen molar-refractivity contribution in [2.75, 3.05) is 25.0 Å². The first-order chi connectivity index (χ1) is 11.8. The summed E-state index contributed by atoms with van der Waals surface area (Å²) in [6.45, 7) is 4.05. The predicted octanol–water partition coefficient (Wildman–Crippen LogP) is 2.09. The summed E-state index contributed by atoms with van der Waals surface area (Å²) in [6.07, 6.45) is 4.97. The van der Waals surface area contributed by atoms with Crippen LogP contribution in [-0.4, -0.2) is 56.9 Å². The zero-order valence-electron chi connectivity index (χ0n) is 13.8. The summed E-state index contributed by atoms with van der Waals surface area (Å²) < 4.78 is 7.28. The van der Waals surface area contributed by atoms with E-state index in [0.29, 0.717) is 13.1 Å². The van der Waals surface area contributed by atoms with Crippen molar-refractivity contribution in [2.24, 2.45) is 0 Å². The lowest BCUT2D eigenvalue weighted by Gasteiger charge is -2.29. The maximum absolute atomic E-state index is 12.5. The fourth-order valence-corrected chi connectivity index (χ4v) is 2.73. The lowest BCUT2D eigenvalue weighted by atomic mass is 10.1. The number of nitrogens with one attached hydrogen (secondary N) is 1.